The second kappa shape index (κ2) is 11.1. The van der Waals surface area contributed by atoms with Crippen LogP contribution < -0.4 is 4.74 Å². The van der Waals surface area contributed by atoms with Crippen molar-refractivity contribution in [2.75, 3.05) is 7.11 Å². The van der Waals surface area contributed by atoms with Gasteiger partial charge in [-0.05, 0) is 53.6 Å². The molecule has 3 aromatic carbocycles. The molecule has 4 aromatic rings. The molecule has 0 atom stereocenters. The molecule has 0 aliphatic rings. The van der Waals surface area contributed by atoms with Gasteiger partial charge in [-0.2, -0.15) is 0 Å². The van der Waals surface area contributed by atoms with E-state index in [1.165, 1.54) is 30.5 Å². The van der Waals surface area contributed by atoms with E-state index >= 15 is 0 Å². The summed E-state index contributed by atoms with van der Waals surface area (Å²) in [6, 6.07) is 24.3. The van der Waals surface area contributed by atoms with Gasteiger partial charge in [0.2, 0.25) is 0 Å². The SMILES string of the molecule is COc1ccc(COCc2cc(CC(S(=O)(=O)c3ccccc3)S(=O)(=O)c3ccccc3)co2)cc1. The lowest BCUT2D eigenvalue weighted by atomic mass is 10.2. The topological polar surface area (TPSA) is 99.9 Å². The van der Waals surface area contributed by atoms with E-state index in [4.69, 9.17) is 13.9 Å². The summed E-state index contributed by atoms with van der Waals surface area (Å²) >= 11 is 0. The Morgan fingerprint density at radius 3 is 1.81 bits per heavy atom. The number of furan rings is 1. The van der Waals surface area contributed by atoms with Gasteiger partial charge in [-0.15, -0.1) is 0 Å². The fourth-order valence-corrected chi connectivity index (χ4v) is 8.21. The molecule has 0 amide bonds. The second-order valence-corrected chi connectivity index (χ2v) is 12.7. The summed E-state index contributed by atoms with van der Waals surface area (Å²) < 4.78 is 68.6. The summed E-state index contributed by atoms with van der Waals surface area (Å²) in [6.07, 6.45) is 1.11. The van der Waals surface area contributed by atoms with Gasteiger partial charge < -0.3 is 13.9 Å². The standard InChI is InChI=1S/C27H26O7S2/c1-32-23-14-12-21(13-15-23)18-33-20-24-16-22(19-34-24)17-27(35(28,29)25-8-4-2-5-9-25)36(30,31)26-10-6-3-7-11-26/h2-16,19,27H,17-18,20H2,1H3. The number of methoxy groups -OCH3 is 1. The minimum atomic E-state index is -4.23. The molecule has 1 heterocycles. The minimum absolute atomic E-state index is 0.0546. The highest BCUT2D eigenvalue weighted by Gasteiger charge is 2.40. The molecule has 0 radical (unpaired) electrons. The van der Waals surface area contributed by atoms with E-state index in [0.717, 1.165) is 11.3 Å². The molecule has 1 aromatic heterocycles. The van der Waals surface area contributed by atoms with Crippen molar-refractivity contribution in [2.45, 2.75) is 34.0 Å². The van der Waals surface area contributed by atoms with E-state index in [-0.39, 0.29) is 22.8 Å². The number of hydrogen-bond donors (Lipinski definition) is 0. The summed E-state index contributed by atoms with van der Waals surface area (Å²) in [6.45, 7) is 0.487. The smallest absolute Gasteiger partial charge is 0.196 e. The van der Waals surface area contributed by atoms with Crippen LogP contribution in [0.1, 0.15) is 16.9 Å². The maximum Gasteiger partial charge on any atom is 0.196 e. The third-order valence-corrected chi connectivity index (χ3v) is 10.7. The van der Waals surface area contributed by atoms with Crippen molar-refractivity contribution in [3.8, 4) is 5.75 Å². The van der Waals surface area contributed by atoms with Gasteiger partial charge in [0, 0.05) is 6.42 Å². The highest BCUT2D eigenvalue weighted by molar-refractivity contribution is 8.09. The van der Waals surface area contributed by atoms with Crippen molar-refractivity contribution in [1.29, 1.82) is 0 Å². The van der Waals surface area contributed by atoms with Gasteiger partial charge in [0.05, 0.1) is 29.8 Å². The number of benzene rings is 3. The Kier molecular flexibility index (Phi) is 7.93. The van der Waals surface area contributed by atoms with Crippen molar-refractivity contribution >= 4 is 19.7 Å². The van der Waals surface area contributed by atoms with Crippen molar-refractivity contribution < 1.29 is 30.7 Å². The molecule has 0 saturated heterocycles. The first-order valence-electron chi connectivity index (χ1n) is 11.2. The fraction of sp³-hybridized carbons (Fsp3) is 0.185. The van der Waals surface area contributed by atoms with Crippen LogP contribution in [-0.4, -0.2) is 28.5 Å². The molecule has 7 nitrogen and oxygen atoms in total. The van der Waals surface area contributed by atoms with Crippen LogP contribution in [0.3, 0.4) is 0 Å². The number of rotatable bonds is 11. The largest absolute Gasteiger partial charge is 0.497 e. The lowest BCUT2D eigenvalue weighted by Crippen LogP contribution is -2.32. The van der Waals surface area contributed by atoms with Gasteiger partial charge in [-0.25, -0.2) is 16.8 Å². The molecular weight excluding hydrogens is 500 g/mol. The Morgan fingerprint density at radius 2 is 1.28 bits per heavy atom. The molecule has 0 unspecified atom stereocenters. The summed E-state index contributed by atoms with van der Waals surface area (Å²) in [5, 5.41) is 0. The van der Waals surface area contributed by atoms with E-state index in [9.17, 15) is 16.8 Å². The van der Waals surface area contributed by atoms with Crippen molar-refractivity contribution in [2.24, 2.45) is 0 Å². The summed E-state index contributed by atoms with van der Waals surface area (Å²) in [4.78, 5) is -0.109. The van der Waals surface area contributed by atoms with Crippen molar-refractivity contribution in [3.63, 3.8) is 0 Å². The van der Waals surface area contributed by atoms with Crippen LogP contribution >= 0.6 is 0 Å². The monoisotopic (exact) mass is 526 g/mol. The molecule has 0 bridgehead atoms. The van der Waals surface area contributed by atoms with Gasteiger partial charge in [0.1, 0.15) is 18.1 Å². The van der Waals surface area contributed by atoms with E-state index < -0.39 is 24.3 Å². The van der Waals surface area contributed by atoms with Gasteiger partial charge >= 0.3 is 0 Å². The van der Waals surface area contributed by atoms with Crippen molar-refractivity contribution in [1.82, 2.24) is 0 Å². The van der Waals surface area contributed by atoms with Crippen LogP contribution in [0.4, 0.5) is 0 Å². The number of sulfone groups is 2. The van der Waals surface area contributed by atoms with Gasteiger partial charge in [-0.3, -0.25) is 0 Å². The summed E-state index contributed by atoms with van der Waals surface area (Å²) in [5.41, 5.74) is 1.40. The van der Waals surface area contributed by atoms with Crippen LogP contribution in [0.15, 0.2) is 111 Å². The molecule has 4 rings (SSSR count). The Bertz CT molecular complexity index is 1410. The van der Waals surface area contributed by atoms with Gasteiger partial charge in [0.15, 0.2) is 24.3 Å². The first-order valence-corrected chi connectivity index (χ1v) is 14.2. The average molecular weight is 527 g/mol. The minimum Gasteiger partial charge on any atom is -0.497 e. The number of hydrogen-bond acceptors (Lipinski definition) is 7. The molecule has 188 valence electrons. The predicted molar refractivity (Wildman–Crippen MR) is 135 cm³/mol. The Morgan fingerprint density at radius 1 is 0.722 bits per heavy atom. The number of ether oxygens (including phenoxy) is 2. The van der Waals surface area contributed by atoms with Crippen LogP contribution in [0, 0.1) is 0 Å². The molecule has 0 spiro atoms. The zero-order valence-corrected chi connectivity index (χ0v) is 21.2. The summed E-state index contributed by atoms with van der Waals surface area (Å²) in [7, 11) is -6.85. The lowest BCUT2D eigenvalue weighted by molar-refractivity contribution is 0.0929. The van der Waals surface area contributed by atoms with E-state index in [1.807, 2.05) is 24.3 Å². The van der Waals surface area contributed by atoms with Crippen LogP contribution in [-0.2, 0) is 44.0 Å². The third-order valence-electron chi connectivity index (χ3n) is 5.62. The quantitative estimate of drug-likeness (QED) is 0.276. The lowest BCUT2D eigenvalue weighted by Gasteiger charge is -2.18. The van der Waals surface area contributed by atoms with E-state index in [2.05, 4.69) is 0 Å². The average Bonchev–Trinajstić information content (AvgIpc) is 3.36. The summed E-state index contributed by atoms with van der Waals surface area (Å²) in [5.74, 6) is 1.21. The maximum absolute atomic E-state index is 13.5. The Balaban J connectivity index is 1.54. The van der Waals surface area contributed by atoms with E-state index in [0.29, 0.717) is 17.9 Å². The molecule has 0 saturated carbocycles. The van der Waals surface area contributed by atoms with Crippen LogP contribution in [0.25, 0.3) is 0 Å². The molecule has 0 aliphatic carbocycles. The zero-order valence-electron chi connectivity index (χ0n) is 19.6. The molecule has 0 aliphatic heterocycles. The normalized spacial score (nSPS) is 12.1. The van der Waals surface area contributed by atoms with Gasteiger partial charge in [-0.1, -0.05) is 48.5 Å². The fourth-order valence-electron chi connectivity index (χ4n) is 3.70. The van der Waals surface area contributed by atoms with Crippen molar-refractivity contribution in [3.05, 3.63) is 114 Å². The Labute approximate surface area is 211 Å². The Hall–Kier alpha value is -3.40. The molecule has 0 N–H and O–H groups in total. The third kappa shape index (κ3) is 5.87. The second-order valence-electron chi connectivity index (χ2n) is 8.11. The first-order chi connectivity index (χ1) is 17.3. The van der Waals surface area contributed by atoms with Crippen LogP contribution in [0.5, 0.6) is 5.75 Å². The van der Waals surface area contributed by atoms with Gasteiger partial charge in [0.25, 0.3) is 0 Å². The predicted octanol–water partition coefficient (Wildman–Crippen LogP) is 4.82. The van der Waals surface area contributed by atoms with E-state index in [1.54, 1.807) is 49.6 Å². The zero-order chi connectivity index (χ0) is 25.6. The molecule has 0 fully saturated rings. The molecule has 9 heteroatoms. The highest BCUT2D eigenvalue weighted by atomic mass is 32.3. The van der Waals surface area contributed by atoms with Crippen LogP contribution in [0.2, 0.25) is 0 Å². The molecular formula is C27H26O7S2. The molecule has 36 heavy (non-hydrogen) atoms. The first kappa shape index (κ1) is 25.7. The highest BCUT2D eigenvalue weighted by Crippen LogP contribution is 2.29. The maximum atomic E-state index is 13.5.